The highest BCUT2D eigenvalue weighted by molar-refractivity contribution is 7.86. The second-order valence-electron chi connectivity index (χ2n) is 10.4. The number of hydrogen-bond donors (Lipinski definition) is 4. The lowest BCUT2D eigenvalue weighted by Crippen LogP contribution is -2.03. The zero-order valence-electron chi connectivity index (χ0n) is 24.3. The van der Waals surface area contributed by atoms with Crippen molar-refractivity contribution in [2.24, 2.45) is 20.5 Å². The van der Waals surface area contributed by atoms with E-state index in [1.54, 1.807) is 48.5 Å². The van der Waals surface area contributed by atoms with Crippen LogP contribution in [0.1, 0.15) is 0 Å². The van der Waals surface area contributed by atoms with Crippen molar-refractivity contribution in [3.8, 4) is 11.1 Å². The minimum absolute atomic E-state index is 0.0175. The molecule has 6 aromatic rings. The van der Waals surface area contributed by atoms with E-state index in [1.807, 2.05) is 0 Å². The normalized spacial score (nSPS) is 12.5. The quantitative estimate of drug-likeness (QED) is 0.0724. The van der Waals surface area contributed by atoms with E-state index in [0.29, 0.717) is 21.5 Å². The summed E-state index contributed by atoms with van der Waals surface area (Å²) in [5.74, 6) is -1.64. The lowest BCUT2D eigenvalue weighted by Gasteiger charge is -2.09. The lowest BCUT2D eigenvalue weighted by atomic mass is 10.0. The summed E-state index contributed by atoms with van der Waals surface area (Å²) in [4.78, 5) is -1.14. The molecule has 242 valence electrons. The van der Waals surface area contributed by atoms with Crippen LogP contribution in [-0.4, -0.2) is 25.9 Å². The maximum atomic E-state index is 15.1. The highest BCUT2D eigenvalue weighted by Crippen LogP contribution is 2.39. The number of anilines is 2. The molecule has 0 aliphatic rings. The van der Waals surface area contributed by atoms with Crippen molar-refractivity contribution in [1.82, 2.24) is 0 Å². The van der Waals surface area contributed by atoms with Gasteiger partial charge in [0.25, 0.3) is 20.2 Å². The van der Waals surface area contributed by atoms with Crippen LogP contribution in [0.25, 0.3) is 32.7 Å². The summed E-state index contributed by atoms with van der Waals surface area (Å²) in [7, 11) is -9.39. The van der Waals surface area contributed by atoms with Gasteiger partial charge in [-0.2, -0.15) is 16.8 Å². The van der Waals surface area contributed by atoms with E-state index in [0.717, 1.165) is 24.3 Å². The average molecular weight is 689 g/mol. The molecule has 0 fully saturated rings. The number of fused-ring (bicyclic) bond motifs is 2. The van der Waals surface area contributed by atoms with Crippen LogP contribution in [0.15, 0.2) is 127 Å². The fourth-order valence-corrected chi connectivity index (χ4v) is 6.35. The van der Waals surface area contributed by atoms with Crippen molar-refractivity contribution in [3.05, 3.63) is 109 Å². The molecule has 0 aliphatic carbocycles. The Balaban J connectivity index is 1.29. The Morgan fingerprint density at radius 2 is 0.812 bits per heavy atom. The molecule has 16 heteroatoms. The van der Waals surface area contributed by atoms with Gasteiger partial charge in [0, 0.05) is 21.5 Å². The molecule has 0 unspecified atom stereocenters. The van der Waals surface area contributed by atoms with E-state index in [2.05, 4.69) is 20.5 Å². The van der Waals surface area contributed by atoms with Gasteiger partial charge in [-0.1, -0.05) is 60.7 Å². The standard InChI is InChI=1S/C32H22F2N6O6S2/c33-23-13-17(9-11-25(23)37-39-27-15-29(47(41,42)43)31(35)21-7-3-1-5-19(21)27)18-10-12-26(24(34)14-18)38-40-28-16-30(48(44,45)46)32(36)22-8-4-2-6-20(22)28/h1-16H,35-36H2,(H,41,42,43)(H,44,45,46). The molecule has 0 amide bonds. The first-order valence-electron chi connectivity index (χ1n) is 13.7. The molecule has 0 aliphatic heterocycles. The zero-order valence-corrected chi connectivity index (χ0v) is 25.9. The predicted molar refractivity (Wildman–Crippen MR) is 176 cm³/mol. The monoisotopic (exact) mass is 688 g/mol. The van der Waals surface area contributed by atoms with Crippen LogP contribution < -0.4 is 11.5 Å². The Labute approximate surface area is 271 Å². The van der Waals surface area contributed by atoms with Gasteiger partial charge in [0.1, 0.15) is 21.2 Å². The maximum absolute atomic E-state index is 15.1. The van der Waals surface area contributed by atoms with Crippen LogP contribution in [0.4, 0.5) is 42.9 Å². The molecule has 6 aromatic carbocycles. The molecule has 0 saturated heterocycles. The topological polar surface area (TPSA) is 210 Å². The molecule has 0 radical (unpaired) electrons. The molecule has 6 rings (SSSR count). The van der Waals surface area contributed by atoms with Gasteiger partial charge in [0.15, 0.2) is 11.6 Å². The van der Waals surface area contributed by atoms with Crippen LogP contribution in [-0.2, 0) is 20.2 Å². The van der Waals surface area contributed by atoms with Gasteiger partial charge in [-0.05, 0) is 47.5 Å². The third-order valence-corrected chi connectivity index (χ3v) is 9.16. The fourth-order valence-electron chi connectivity index (χ4n) is 5.05. The third-order valence-electron chi connectivity index (χ3n) is 7.37. The second kappa shape index (κ2) is 12.2. The van der Waals surface area contributed by atoms with Gasteiger partial charge in [-0.25, -0.2) is 8.78 Å². The Hall–Kier alpha value is -5.68. The molecule has 0 atom stereocenters. The lowest BCUT2D eigenvalue weighted by molar-refractivity contribution is 0.481. The van der Waals surface area contributed by atoms with Crippen molar-refractivity contribution in [2.45, 2.75) is 9.79 Å². The SMILES string of the molecule is Nc1c(S(=O)(=O)O)cc(N=Nc2ccc(-c3ccc(N=Nc4cc(S(=O)(=O)O)c(N)c5ccccc45)c(F)c3)cc2F)c2ccccc12. The largest absolute Gasteiger partial charge is 0.397 e. The highest BCUT2D eigenvalue weighted by atomic mass is 32.2. The van der Waals surface area contributed by atoms with E-state index in [9.17, 15) is 25.9 Å². The van der Waals surface area contributed by atoms with E-state index in [-0.39, 0.29) is 45.3 Å². The van der Waals surface area contributed by atoms with Gasteiger partial charge in [0.05, 0.1) is 22.7 Å². The van der Waals surface area contributed by atoms with Crippen molar-refractivity contribution in [1.29, 1.82) is 0 Å². The molecular formula is C32H22F2N6O6S2. The Morgan fingerprint density at radius 1 is 0.479 bits per heavy atom. The van der Waals surface area contributed by atoms with Crippen LogP contribution in [0, 0.1) is 11.6 Å². The summed E-state index contributed by atoms with van der Waals surface area (Å²) in [6, 6.07) is 22.7. The number of nitrogens with zero attached hydrogens (tertiary/aromatic N) is 4. The average Bonchev–Trinajstić information content (AvgIpc) is 3.04. The molecule has 6 N–H and O–H groups in total. The van der Waals surface area contributed by atoms with Crippen LogP contribution in [0.5, 0.6) is 0 Å². The molecule has 0 saturated carbocycles. The molecule has 0 bridgehead atoms. The minimum Gasteiger partial charge on any atom is -0.397 e. The minimum atomic E-state index is -4.70. The second-order valence-corrected chi connectivity index (χ2v) is 13.2. The molecule has 0 aromatic heterocycles. The summed E-state index contributed by atoms with van der Waals surface area (Å²) in [6.07, 6.45) is 0. The Kier molecular flexibility index (Phi) is 8.18. The smallest absolute Gasteiger partial charge is 0.296 e. The van der Waals surface area contributed by atoms with Gasteiger partial charge in [0.2, 0.25) is 0 Å². The van der Waals surface area contributed by atoms with Crippen LogP contribution in [0.2, 0.25) is 0 Å². The molecular weight excluding hydrogens is 667 g/mol. The van der Waals surface area contributed by atoms with E-state index < -0.39 is 41.7 Å². The Bertz CT molecular complexity index is 2400. The summed E-state index contributed by atoms with van der Waals surface area (Å²) >= 11 is 0. The third kappa shape index (κ3) is 6.19. The summed E-state index contributed by atoms with van der Waals surface area (Å²) in [5, 5.41) is 17.3. The van der Waals surface area contributed by atoms with Crippen molar-refractivity contribution in [3.63, 3.8) is 0 Å². The number of benzene rings is 6. The van der Waals surface area contributed by atoms with Gasteiger partial charge in [-0.3, -0.25) is 9.11 Å². The first kappa shape index (κ1) is 32.3. The van der Waals surface area contributed by atoms with E-state index in [4.69, 9.17) is 11.5 Å². The highest BCUT2D eigenvalue weighted by Gasteiger charge is 2.20. The number of hydrogen-bond acceptors (Lipinski definition) is 10. The predicted octanol–water partition coefficient (Wildman–Crippen LogP) is 8.43. The van der Waals surface area contributed by atoms with Gasteiger partial charge < -0.3 is 11.5 Å². The first-order valence-corrected chi connectivity index (χ1v) is 16.6. The molecule has 0 spiro atoms. The summed E-state index contributed by atoms with van der Waals surface area (Å²) in [6.45, 7) is 0. The zero-order chi connectivity index (χ0) is 34.4. The van der Waals surface area contributed by atoms with Crippen molar-refractivity contribution in [2.75, 3.05) is 11.5 Å². The molecule has 12 nitrogen and oxygen atoms in total. The van der Waals surface area contributed by atoms with E-state index >= 15 is 8.78 Å². The molecule has 0 heterocycles. The Morgan fingerprint density at radius 3 is 1.15 bits per heavy atom. The number of nitrogen functional groups attached to an aromatic ring is 2. The van der Waals surface area contributed by atoms with E-state index in [1.165, 1.54) is 24.3 Å². The number of rotatable bonds is 7. The van der Waals surface area contributed by atoms with Crippen molar-refractivity contribution < 1.29 is 34.7 Å². The van der Waals surface area contributed by atoms with Crippen LogP contribution in [0.3, 0.4) is 0 Å². The van der Waals surface area contributed by atoms with Crippen LogP contribution >= 0.6 is 0 Å². The maximum Gasteiger partial charge on any atom is 0.296 e. The fraction of sp³-hybridized carbons (Fsp3) is 0. The van der Waals surface area contributed by atoms with Gasteiger partial charge >= 0.3 is 0 Å². The number of nitrogens with two attached hydrogens (primary N) is 2. The number of azo groups is 2. The van der Waals surface area contributed by atoms with Gasteiger partial charge in [-0.15, -0.1) is 20.5 Å². The molecule has 48 heavy (non-hydrogen) atoms. The summed E-state index contributed by atoms with van der Waals surface area (Å²) < 4.78 is 97.0. The van der Waals surface area contributed by atoms with Crippen molar-refractivity contribution >= 4 is 75.9 Å². The summed E-state index contributed by atoms with van der Waals surface area (Å²) in [5.41, 5.74) is 11.7. The first-order chi connectivity index (χ1) is 22.7. The number of halogens is 2.